The fourth-order valence-electron chi connectivity index (χ4n) is 1.57. The van der Waals surface area contributed by atoms with Gasteiger partial charge in [-0.2, -0.15) is 0 Å². The first-order chi connectivity index (χ1) is 9.11. The second-order valence-corrected chi connectivity index (χ2v) is 5.64. The number of carbonyl (C=O) groups excluding carboxylic acids is 1. The van der Waals surface area contributed by atoms with Gasteiger partial charge in [0.25, 0.3) is 0 Å². The second kappa shape index (κ2) is 8.91. The Hall–Kier alpha value is -1.15. The number of aliphatic carboxylic acids is 1. The van der Waals surface area contributed by atoms with Gasteiger partial charge in [0.05, 0.1) is 0 Å². The summed E-state index contributed by atoms with van der Waals surface area (Å²) < 4.78 is 14.3. The Kier molecular flexibility index (Phi) is 8.40. The summed E-state index contributed by atoms with van der Waals surface area (Å²) in [6.07, 6.45) is 1.13. The standard InChI is InChI=1S/C10H21N2O7P/c1-7(11)8(5-3-2-4-6-9(13)14)12-10(15)19-20(16,17)18/h7-8H,2-6,11H2,1H3,(H,12,15)(H,13,14)(H2,16,17,18). The molecule has 0 radical (unpaired) electrons. The van der Waals surface area contributed by atoms with Crippen molar-refractivity contribution in [3.8, 4) is 0 Å². The average molecular weight is 312 g/mol. The van der Waals surface area contributed by atoms with Gasteiger partial charge in [0.2, 0.25) is 0 Å². The molecule has 0 heterocycles. The largest absolute Gasteiger partial charge is 0.528 e. The van der Waals surface area contributed by atoms with E-state index in [1.54, 1.807) is 6.92 Å². The van der Waals surface area contributed by atoms with Gasteiger partial charge in [-0.25, -0.2) is 9.36 Å². The molecule has 20 heavy (non-hydrogen) atoms. The van der Waals surface area contributed by atoms with Crippen LogP contribution >= 0.6 is 7.82 Å². The molecule has 0 rings (SSSR count). The molecule has 0 aliphatic heterocycles. The van der Waals surface area contributed by atoms with Gasteiger partial charge in [0, 0.05) is 18.5 Å². The van der Waals surface area contributed by atoms with Crippen LogP contribution in [0.25, 0.3) is 0 Å². The van der Waals surface area contributed by atoms with E-state index in [0.717, 1.165) is 0 Å². The number of hydrogen-bond acceptors (Lipinski definition) is 5. The van der Waals surface area contributed by atoms with Crippen LogP contribution in [0.1, 0.15) is 39.0 Å². The van der Waals surface area contributed by atoms with Gasteiger partial charge in [-0.05, 0) is 19.8 Å². The van der Waals surface area contributed by atoms with Crippen molar-refractivity contribution in [2.45, 2.75) is 51.1 Å². The van der Waals surface area contributed by atoms with E-state index in [2.05, 4.69) is 9.84 Å². The molecule has 0 aromatic rings. The van der Waals surface area contributed by atoms with Crippen molar-refractivity contribution >= 4 is 19.9 Å². The fourth-order valence-corrected chi connectivity index (χ4v) is 1.84. The third-order valence-corrected chi connectivity index (χ3v) is 2.95. The van der Waals surface area contributed by atoms with Gasteiger partial charge in [-0.15, -0.1) is 0 Å². The topological polar surface area (TPSA) is 159 Å². The Morgan fingerprint density at radius 1 is 1.30 bits per heavy atom. The first-order valence-corrected chi connectivity index (χ1v) is 7.68. The summed E-state index contributed by atoms with van der Waals surface area (Å²) in [6.45, 7) is 1.64. The highest BCUT2D eigenvalue weighted by Gasteiger charge is 2.23. The van der Waals surface area contributed by atoms with Crippen LogP contribution in [0.4, 0.5) is 4.79 Å². The van der Waals surface area contributed by atoms with Crippen LogP contribution < -0.4 is 11.1 Å². The molecule has 0 spiro atoms. The SMILES string of the molecule is CC(N)C(CCCCCC(=O)O)NC(=O)OP(=O)(O)O. The number of hydrogen-bond donors (Lipinski definition) is 5. The normalized spacial score (nSPS) is 14.4. The Bertz CT molecular complexity index is 369. The van der Waals surface area contributed by atoms with Crippen molar-refractivity contribution in [3.63, 3.8) is 0 Å². The minimum Gasteiger partial charge on any atom is -0.481 e. The quantitative estimate of drug-likeness (QED) is 0.305. The summed E-state index contributed by atoms with van der Waals surface area (Å²) >= 11 is 0. The molecule has 0 aromatic carbocycles. The molecule has 9 nitrogen and oxygen atoms in total. The number of phosphoric ester groups is 1. The van der Waals surface area contributed by atoms with Crippen molar-refractivity contribution in [3.05, 3.63) is 0 Å². The maximum absolute atomic E-state index is 11.2. The Morgan fingerprint density at radius 3 is 2.35 bits per heavy atom. The van der Waals surface area contributed by atoms with Gasteiger partial charge in [0.15, 0.2) is 0 Å². The van der Waals surface area contributed by atoms with Crippen LogP contribution in [0, 0.1) is 0 Å². The average Bonchev–Trinajstić information content (AvgIpc) is 2.23. The molecular formula is C10H21N2O7P. The Labute approximate surface area is 116 Å². The first kappa shape index (κ1) is 18.9. The number of rotatable bonds is 9. The van der Waals surface area contributed by atoms with E-state index in [9.17, 15) is 14.2 Å². The highest BCUT2D eigenvalue weighted by molar-refractivity contribution is 7.46. The molecule has 0 saturated heterocycles. The molecule has 10 heteroatoms. The molecule has 0 bridgehead atoms. The van der Waals surface area contributed by atoms with Crippen LogP contribution in [0.5, 0.6) is 0 Å². The van der Waals surface area contributed by atoms with Crippen LogP contribution in [0.3, 0.4) is 0 Å². The molecule has 1 amide bonds. The van der Waals surface area contributed by atoms with Crippen molar-refractivity contribution in [2.24, 2.45) is 5.73 Å². The van der Waals surface area contributed by atoms with Crippen LogP contribution in [-0.2, 0) is 13.9 Å². The zero-order valence-electron chi connectivity index (χ0n) is 11.2. The lowest BCUT2D eigenvalue weighted by Crippen LogP contribution is -2.46. The number of nitrogens with two attached hydrogens (primary N) is 1. The zero-order chi connectivity index (χ0) is 15.8. The lowest BCUT2D eigenvalue weighted by Gasteiger charge is -2.21. The van der Waals surface area contributed by atoms with Crippen LogP contribution in [0.2, 0.25) is 0 Å². The van der Waals surface area contributed by atoms with Gasteiger partial charge in [0.1, 0.15) is 0 Å². The zero-order valence-corrected chi connectivity index (χ0v) is 12.1. The highest BCUT2D eigenvalue weighted by Crippen LogP contribution is 2.35. The monoisotopic (exact) mass is 312 g/mol. The predicted octanol–water partition coefficient (Wildman–Crippen LogP) is 0.556. The minimum atomic E-state index is -4.87. The van der Waals surface area contributed by atoms with Crippen molar-refractivity contribution in [1.82, 2.24) is 5.32 Å². The van der Waals surface area contributed by atoms with E-state index in [-0.39, 0.29) is 6.42 Å². The maximum atomic E-state index is 11.2. The molecule has 0 aliphatic rings. The van der Waals surface area contributed by atoms with E-state index >= 15 is 0 Å². The van der Waals surface area contributed by atoms with Crippen molar-refractivity contribution in [1.29, 1.82) is 0 Å². The molecular weight excluding hydrogens is 291 g/mol. The molecule has 0 aliphatic carbocycles. The van der Waals surface area contributed by atoms with E-state index in [1.807, 2.05) is 0 Å². The smallest absolute Gasteiger partial charge is 0.481 e. The van der Waals surface area contributed by atoms with Crippen LogP contribution in [0.15, 0.2) is 0 Å². The molecule has 2 unspecified atom stereocenters. The molecule has 6 N–H and O–H groups in total. The summed E-state index contributed by atoms with van der Waals surface area (Å²) in [7, 11) is -4.87. The minimum absolute atomic E-state index is 0.0799. The summed E-state index contributed by atoms with van der Waals surface area (Å²) in [5.41, 5.74) is 5.65. The molecule has 0 aromatic heterocycles. The fraction of sp³-hybridized carbons (Fsp3) is 0.800. The van der Waals surface area contributed by atoms with E-state index in [4.69, 9.17) is 20.6 Å². The van der Waals surface area contributed by atoms with Crippen LogP contribution in [-0.4, -0.2) is 39.0 Å². The first-order valence-electron chi connectivity index (χ1n) is 6.15. The number of carbonyl (C=O) groups is 2. The summed E-state index contributed by atoms with van der Waals surface area (Å²) in [4.78, 5) is 38.5. The summed E-state index contributed by atoms with van der Waals surface area (Å²) in [6, 6.07) is -0.933. The third kappa shape index (κ3) is 10.7. The number of nitrogens with one attached hydrogen (secondary N) is 1. The summed E-state index contributed by atoms with van der Waals surface area (Å²) in [5.74, 6) is -0.864. The lowest BCUT2D eigenvalue weighted by atomic mass is 10.0. The number of carboxylic acids is 1. The Balaban J connectivity index is 4.08. The van der Waals surface area contributed by atoms with E-state index in [1.165, 1.54) is 0 Å². The van der Waals surface area contributed by atoms with Gasteiger partial charge in [-0.1, -0.05) is 12.8 Å². The van der Waals surface area contributed by atoms with Crippen molar-refractivity contribution in [2.75, 3.05) is 0 Å². The molecule has 118 valence electrons. The van der Waals surface area contributed by atoms with Gasteiger partial charge in [-0.3, -0.25) is 14.6 Å². The maximum Gasteiger partial charge on any atom is 0.528 e. The molecule has 0 fully saturated rings. The predicted molar refractivity (Wildman–Crippen MR) is 69.8 cm³/mol. The number of amides is 1. The highest BCUT2D eigenvalue weighted by atomic mass is 31.2. The number of phosphoric acid groups is 1. The summed E-state index contributed by atoms with van der Waals surface area (Å²) in [5, 5.41) is 10.7. The second-order valence-electron chi connectivity index (χ2n) is 4.47. The van der Waals surface area contributed by atoms with E-state index in [0.29, 0.717) is 25.7 Å². The third-order valence-electron chi connectivity index (χ3n) is 2.55. The van der Waals surface area contributed by atoms with Crippen molar-refractivity contribution < 1.29 is 33.6 Å². The molecule has 0 saturated carbocycles. The Morgan fingerprint density at radius 2 is 1.90 bits per heavy atom. The number of unbranched alkanes of at least 4 members (excludes halogenated alkanes) is 2. The number of carboxylic acid groups (broad SMARTS) is 1. The van der Waals surface area contributed by atoms with E-state index < -0.39 is 32.0 Å². The lowest BCUT2D eigenvalue weighted by molar-refractivity contribution is -0.137. The van der Waals surface area contributed by atoms with Gasteiger partial charge < -0.3 is 20.7 Å². The van der Waals surface area contributed by atoms with Gasteiger partial charge >= 0.3 is 19.9 Å². The molecule has 2 atom stereocenters.